The van der Waals surface area contributed by atoms with Crippen molar-refractivity contribution >= 4 is 35.2 Å². The molecule has 2 saturated carbocycles. The first-order chi connectivity index (χ1) is 25.8. The Balaban J connectivity index is 0.826. The summed E-state index contributed by atoms with van der Waals surface area (Å²) in [7, 11) is 1.84. The van der Waals surface area contributed by atoms with Crippen LogP contribution in [-0.4, -0.2) is 148 Å². The van der Waals surface area contributed by atoms with E-state index in [4.69, 9.17) is 4.74 Å². The quantitative estimate of drug-likeness (QED) is 0.291. The van der Waals surface area contributed by atoms with E-state index in [1.165, 1.54) is 12.6 Å². The lowest BCUT2D eigenvalue weighted by Gasteiger charge is -2.43. The van der Waals surface area contributed by atoms with Crippen LogP contribution in [0.15, 0.2) is 18.6 Å². The molecule has 53 heavy (non-hydrogen) atoms. The van der Waals surface area contributed by atoms with Crippen molar-refractivity contribution in [3.8, 4) is 0 Å². The fraction of sp³-hybridized carbons (Fsp3) is 0.737. The van der Waals surface area contributed by atoms with E-state index in [1.54, 1.807) is 17.8 Å². The molecular weight excluding hydrogens is 674 g/mol. The average molecular weight is 734 g/mol. The van der Waals surface area contributed by atoms with Crippen LogP contribution in [0.3, 0.4) is 0 Å². The van der Waals surface area contributed by atoms with E-state index in [1.807, 2.05) is 13.2 Å². The molecule has 2 aliphatic carbocycles. The number of esters is 1. The zero-order valence-corrected chi connectivity index (χ0v) is 31.7. The summed E-state index contributed by atoms with van der Waals surface area (Å²) >= 11 is 0. The number of anilines is 3. The number of carbonyl (C=O) groups is 3. The van der Waals surface area contributed by atoms with Crippen LogP contribution in [0.5, 0.6) is 0 Å². The fourth-order valence-electron chi connectivity index (χ4n) is 9.10. The summed E-state index contributed by atoms with van der Waals surface area (Å²) in [4.78, 5) is 58.0. The highest BCUT2D eigenvalue weighted by molar-refractivity contribution is 5.94. The number of piperazine rings is 2. The molecule has 0 radical (unpaired) electrons. The van der Waals surface area contributed by atoms with Crippen molar-refractivity contribution in [3.05, 3.63) is 24.2 Å². The van der Waals surface area contributed by atoms with Crippen molar-refractivity contribution in [2.24, 2.45) is 24.8 Å². The SMILES string of the molecule is CCOC(=O)c1cnc(Nc2cnn(C)c2)nc1NC1CCC(N2CCN(C(=O)C3CCC(C(=O)N4CCN(C[C@@H]5CCNC5)CC4)CC3)CC2)CC1. The number of nitrogens with zero attached hydrogens (tertiary/aromatic N) is 8. The van der Waals surface area contributed by atoms with Crippen LogP contribution in [0, 0.1) is 17.8 Å². The smallest absolute Gasteiger partial charge is 0.343 e. The molecular formula is C38H59N11O4. The molecule has 0 unspecified atom stereocenters. The topological polar surface area (TPSA) is 153 Å². The number of amides is 2. The van der Waals surface area contributed by atoms with Crippen LogP contribution < -0.4 is 16.0 Å². The van der Waals surface area contributed by atoms with E-state index in [9.17, 15) is 14.4 Å². The van der Waals surface area contributed by atoms with Gasteiger partial charge in [0.1, 0.15) is 11.4 Å². The van der Waals surface area contributed by atoms with Gasteiger partial charge in [-0.2, -0.15) is 10.1 Å². The first kappa shape index (κ1) is 37.5. The second-order valence-corrected chi connectivity index (χ2v) is 15.7. The van der Waals surface area contributed by atoms with E-state index in [2.05, 4.69) is 50.6 Å². The minimum atomic E-state index is -0.442. The first-order valence-electron chi connectivity index (χ1n) is 20.1. The monoisotopic (exact) mass is 733 g/mol. The zero-order valence-electron chi connectivity index (χ0n) is 31.7. The van der Waals surface area contributed by atoms with Crippen molar-refractivity contribution in [1.82, 2.24) is 44.7 Å². The van der Waals surface area contributed by atoms with Gasteiger partial charge in [-0.25, -0.2) is 9.78 Å². The van der Waals surface area contributed by atoms with Crippen molar-refractivity contribution in [2.75, 3.05) is 89.2 Å². The Kier molecular flexibility index (Phi) is 12.4. The van der Waals surface area contributed by atoms with Crippen LogP contribution in [0.1, 0.15) is 75.1 Å². The Labute approximate surface area is 313 Å². The van der Waals surface area contributed by atoms with Gasteiger partial charge < -0.3 is 30.5 Å². The largest absolute Gasteiger partial charge is 0.462 e. The maximum atomic E-state index is 13.6. The molecule has 3 saturated heterocycles. The van der Waals surface area contributed by atoms with Gasteiger partial charge in [0.05, 0.1) is 18.5 Å². The van der Waals surface area contributed by atoms with Crippen molar-refractivity contribution < 1.29 is 19.1 Å². The summed E-state index contributed by atoms with van der Waals surface area (Å²) in [6, 6.07) is 0.653. The van der Waals surface area contributed by atoms with Crippen LogP contribution in [0.25, 0.3) is 0 Å². The third kappa shape index (κ3) is 9.47. The highest BCUT2D eigenvalue weighted by Crippen LogP contribution is 2.33. The number of nitrogens with one attached hydrogen (secondary N) is 3. The van der Waals surface area contributed by atoms with E-state index < -0.39 is 5.97 Å². The maximum Gasteiger partial charge on any atom is 0.343 e. The van der Waals surface area contributed by atoms with Crippen molar-refractivity contribution in [2.45, 2.75) is 76.8 Å². The van der Waals surface area contributed by atoms with Gasteiger partial charge in [0, 0.05) is 102 Å². The number of carbonyl (C=O) groups excluding carboxylic acids is 3. The molecule has 5 fully saturated rings. The molecule has 2 aromatic rings. The third-order valence-electron chi connectivity index (χ3n) is 12.2. The molecule has 3 aliphatic heterocycles. The number of hydrogen-bond donors (Lipinski definition) is 3. The van der Waals surface area contributed by atoms with Gasteiger partial charge in [0.25, 0.3) is 0 Å². The molecule has 2 aromatic heterocycles. The number of ether oxygens (including phenoxy) is 1. The molecule has 3 N–H and O–H groups in total. The second-order valence-electron chi connectivity index (χ2n) is 15.7. The lowest BCUT2D eigenvalue weighted by Crippen LogP contribution is -2.54. The fourth-order valence-corrected chi connectivity index (χ4v) is 9.10. The minimum absolute atomic E-state index is 0.0466. The van der Waals surface area contributed by atoms with Crippen LogP contribution >= 0.6 is 0 Å². The number of rotatable bonds is 11. The third-order valence-corrected chi connectivity index (χ3v) is 12.2. The van der Waals surface area contributed by atoms with Crippen molar-refractivity contribution in [1.29, 1.82) is 0 Å². The molecule has 290 valence electrons. The second kappa shape index (κ2) is 17.5. The molecule has 1 atom stereocenters. The average Bonchev–Trinajstić information content (AvgIpc) is 3.86. The van der Waals surface area contributed by atoms with Gasteiger partial charge in [0.15, 0.2) is 0 Å². The number of aromatic nitrogens is 4. The highest BCUT2D eigenvalue weighted by atomic mass is 16.5. The molecule has 7 rings (SSSR count). The molecule has 0 aromatic carbocycles. The molecule has 15 heteroatoms. The summed E-state index contributed by atoms with van der Waals surface area (Å²) in [5, 5.41) is 14.3. The van der Waals surface area contributed by atoms with Crippen LogP contribution in [0.4, 0.5) is 17.5 Å². The van der Waals surface area contributed by atoms with E-state index >= 15 is 0 Å². The predicted octanol–water partition coefficient (Wildman–Crippen LogP) is 2.56. The first-order valence-corrected chi connectivity index (χ1v) is 20.1. The summed E-state index contributed by atoms with van der Waals surface area (Å²) in [5.74, 6) is 1.89. The summed E-state index contributed by atoms with van der Waals surface area (Å²) in [6.07, 6.45) is 13.6. The Hall–Kier alpha value is -3.82. The molecule has 2 amide bonds. The zero-order chi connectivity index (χ0) is 36.7. The number of aryl methyl sites for hydroxylation is 1. The van der Waals surface area contributed by atoms with E-state index in [0.717, 1.165) is 135 Å². The van der Waals surface area contributed by atoms with Gasteiger partial charge in [-0.3, -0.25) is 24.1 Å². The molecule has 0 bridgehead atoms. The standard InChI is InChI=1S/C38H59N11O4/c1-3-53-37(52)33-24-40-38(43-31-23-41-45(2)26-31)44-34(33)42-30-8-10-32(11-9-30)47-18-20-49(21-19-47)36(51)29-6-4-28(5-7-29)35(50)48-16-14-46(15-17-48)25-27-12-13-39-22-27/h23-24,26-30,32,39H,3-22,25H2,1-2H3,(H2,40,42,43,44)/t27-,28?,29?,30?,32?/m1/s1. The summed E-state index contributed by atoms with van der Waals surface area (Å²) in [6.45, 7) is 12.4. The molecule has 15 nitrogen and oxygen atoms in total. The van der Waals surface area contributed by atoms with Gasteiger partial charge in [-0.05, 0) is 83.7 Å². The lowest BCUT2D eigenvalue weighted by atomic mass is 9.80. The highest BCUT2D eigenvalue weighted by Gasteiger charge is 2.37. The molecule has 5 heterocycles. The normalized spacial score (nSPS) is 27.4. The van der Waals surface area contributed by atoms with Crippen LogP contribution in [-0.2, 0) is 21.4 Å². The summed E-state index contributed by atoms with van der Waals surface area (Å²) in [5.41, 5.74) is 1.09. The molecule has 0 spiro atoms. The predicted molar refractivity (Wildman–Crippen MR) is 202 cm³/mol. The lowest BCUT2D eigenvalue weighted by molar-refractivity contribution is -0.143. The Morgan fingerprint density at radius 3 is 2.09 bits per heavy atom. The van der Waals surface area contributed by atoms with Gasteiger partial charge in [-0.1, -0.05) is 0 Å². The minimum Gasteiger partial charge on any atom is -0.462 e. The van der Waals surface area contributed by atoms with Gasteiger partial charge in [0.2, 0.25) is 17.8 Å². The van der Waals surface area contributed by atoms with E-state index in [0.29, 0.717) is 29.3 Å². The van der Waals surface area contributed by atoms with Crippen LogP contribution in [0.2, 0.25) is 0 Å². The molecule has 5 aliphatic rings. The van der Waals surface area contributed by atoms with Crippen molar-refractivity contribution in [3.63, 3.8) is 0 Å². The Bertz CT molecular complexity index is 1530. The maximum absolute atomic E-state index is 13.6. The Morgan fingerprint density at radius 1 is 0.849 bits per heavy atom. The van der Waals surface area contributed by atoms with E-state index in [-0.39, 0.29) is 30.4 Å². The van der Waals surface area contributed by atoms with Gasteiger partial charge in [-0.15, -0.1) is 0 Å². The van der Waals surface area contributed by atoms with Gasteiger partial charge >= 0.3 is 5.97 Å². The Morgan fingerprint density at radius 2 is 1.51 bits per heavy atom. The summed E-state index contributed by atoms with van der Waals surface area (Å²) < 4.78 is 6.98. The number of hydrogen-bond acceptors (Lipinski definition) is 12.